The van der Waals surface area contributed by atoms with Gasteiger partial charge in [-0.2, -0.15) is 0 Å². The van der Waals surface area contributed by atoms with E-state index in [4.69, 9.17) is 5.73 Å². The Morgan fingerprint density at radius 2 is 2.25 bits per heavy atom. The molecule has 0 radical (unpaired) electrons. The second kappa shape index (κ2) is 3.87. The van der Waals surface area contributed by atoms with Crippen molar-refractivity contribution in [2.75, 3.05) is 18.6 Å². The Hall–Kier alpha value is -0.610. The van der Waals surface area contributed by atoms with Gasteiger partial charge in [-0.15, -0.1) is 0 Å². The summed E-state index contributed by atoms with van der Waals surface area (Å²) in [7, 11) is 1.74. The zero-order valence-corrected chi connectivity index (χ0v) is 8.31. The normalized spacial score (nSPS) is 10.0. The zero-order valence-electron chi connectivity index (χ0n) is 6.72. The molecule has 0 bridgehead atoms. The van der Waals surface area contributed by atoms with E-state index in [1.165, 1.54) is 6.07 Å². The van der Waals surface area contributed by atoms with Crippen molar-refractivity contribution in [1.82, 2.24) is 0 Å². The highest BCUT2D eigenvalue weighted by Crippen LogP contribution is 2.22. The molecule has 4 heteroatoms. The molecule has 0 heterocycles. The van der Waals surface area contributed by atoms with Crippen LogP contribution in [0, 0.1) is 5.82 Å². The van der Waals surface area contributed by atoms with Crippen LogP contribution in [0.1, 0.15) is 0 Å². The van der Waals surface area contributed by atoms with Gasteiger partial charge in [-0.25, -0.2) is 4.39 Å². The van der Waals surface area contributed by atoms with Crippen molar-refractivity contribution in [1.29, 1.82) is 0 Å². The van der Waals surface area contributed by atoms with Crippen molar-refractivity contribution in [2.45, 2.75) is 0 Å². The van der Waals surface area contributed by atoms with Crippen molar-refractivity contribution in [3.63, 3.8) is 0 Å². The molecule has 0 fully saturated rings. The highest BCUT2D eigenvalue weighted by molar-refractivity contribution is 9.10. The molecule has 66 valence electrons. The van der Waals surface area contributed by atoms with Gasteiger partial charge in [-0.1, -0.05) is 15.9 Å². The number of hydrogen-bond donors (Lipinski definition) is 1. The quantitative estimate of drug-likeness (QED) is 0.791. The van der Waals surface area contributed by atoms with Gasteiger partial charge in [0.1, 0.15) is 5.82 Å². The van der Waals surface area contributed by atoms with Crippen LogP contribution in [0.3, 0.4) is 0 Å². The molecule has 12 heavy (non-hydrogen) atoms. The molecule has 0 aliphatic carbocycles. The van der Waals surface area contributed by atoms with Gasteiger partial charge in [0.25, 0.3) is 0 Å². The van der Waals surface area contributed by atoms with Crippen molar-refractivity contribution < 1.29 is 4.39 Å². The first-order valence-electron chi connectivity index (χ1n) is 3.51. The summed E-state index contributed by atoms with van der Waals surface area (Å²) >= 11 is 3.26. The maximum absolute atomic E-state index is 13.1. The van der Waals surface area contributed by atoms with E-state index in [0.29, 0.717) is 12.4 Å². The van der Waals surface area contributed by atoms with E-state index >= 15 is 0 Å². The first-order valence-corrected chi connectivity index (χ1v) is 4.30. The molecule has 0 atom stereocenters. The van der Waals surface area contributed by atoms with Crippen molar-refractivity contribution in [3.8, 4) is 0 Å². The molecule has 0 aliphatic rings. The molecule has 0 aliphatic heterocycles. The topological polar surface area (TPSA) is 29.3 Å². The summed E-state index contributed by atoms with van der Waals surface area (Å²) in [5.74, 6) is -0.258. The molecule has 0 spiro atoms. The number of benzene rings is 1. The Kier molecular flexibility index (Phi) is 3.05. The summed E-state index contributed by atoms with van der Waals surface area (Å²) in [5.41, 5.74) is 5.87. The molecule has 2 nitrogen and oxygen atoms in total. The minimum Gasteiger partial charge on any atom is -0.360 e. The van der Waals surface area contributed by atoms with Gasteiger partial charge >= 0.3 is 0 Å². The molecule has 1 aromatic rings. The van der Waals surface area contributed by atoms with Crippen LogP contribution in [0.2, 0.25) is 0 Å². The van der Waals surface area contributed by atoms with E-state index in [9.17, 15) is 4.39 Å². The van der Waals surface area contributed by atoms with Gasteiger partial charge in [0.15, 0.2) is 0 Å². The summed E-state index contributed by atoms with van der Waals surface area (Å²) in [6.45, 7) is 0.299. The predicted octanol–water partition coefficient (Wildman–Crippen LogP) is 1.94. The van der Waals surface area contributed by atoms with Crippen LogP contribution in [0.25, 0.3) is 0 Å². The van der Waals surface area contributed by atoms with Gasteiger partial charge in [0.05, 0.1) is 12.4 Å². The molecule has 2 N–H and O–H groups in total. The molecular weight excluding hydrogens is 223 g/mol. The Balaban J connectivity index is 3.04. The number of nitrogens with zero attached hydrogens (tertiary/aromatic N) is 1. The summed E-state index contributed by atoms with van der Waals surface area (Å²) in [6.07, 6.45) is 0. The fourth-order valence-corrected chi connectivity index (χ4v) is 1.23. The highest BCUT2D eigenvalue weighted by Gasteiger charge is 2.05. The third kappa shape index (κ3) is 1.95. The summed E-state index contributed by atoms with van der Waals surface area (Å²) < 4.78 is 13.9. The summed E-state index contributed by atoms with van der Waals surface area (Å²) in [4.78, 5) is 1.64. The fourth-order valence-electron chi connectivity index (χ4n) is 0.877. The largest absolute Gasteiger partial charge is 0.360 e. The minimum atomic E-state index is -0.258. The first-order chi connectivity index (χ1) is 5.65. The van der Waals surface area contributed by atoms with Gasteiger partial charge in [-0.05, 0) is 18.2 Å². The van der Waals surface area contributed by atoms with Crippen LogP contribution in [-0.2, 0) is 0 Å². The highest BCUT2D eigenvalue weighted by atomic mass is 79.9. The SMILES string of the molecule is CN(CN)c1cc(Br)ccc1F. The van der Waals surface area contributed by atoms with Gasteiger partial charge in [0, 0.05) is 11.5 Å². The Labute approximate surface area is 79.3 Å². The molecule has 0 unspecified atom stereocenters. The molecule has 0 saturated heterocycles. The minimum absolute atomic E-state index is 0.258. The van der Waals surface area contributed by atoms with E-state index in [-0.39, 0.29) is 5.82 Å². The van der Waals surface area contributed by atoms with Gasteiger partial charge in [-0.3, -0.25) is 0 Å². The second-order valence-electron chi connectivity index (χ2n) is 2.48. The molecule has 1 rings (SSSR count). The molecular formula is C8H10BrFN2. The lowest BCUT2D eigenvalue weighted by atomic mass is 10.3. The fraction of sp³-hybridized carbons (Fsp3) is 0.250. The Morgan fingerprint density at radius 1 is 1.58 bits per heavy atom. The van der Waals surface area contributed by atoms with Crippen LogP contribution >= 0.6 is 15.9 Å². The van der Waals surface area contributed by atoms with Crippen LogP contribution in [0.4, 0.5) is 10.1 Å². The molecule has 1 aromatic carbocycles. The zero-order chi connectivity index (χ0) is 9.14. The number of halogens is 2. The lowest BCUT2D eigenvalue weighted by Crippen LogP contribution is -2.25. The standard InChI is InChI=1S/C8H10BrFN2/c1-12(5-11)8-4-6(9)2-3-7(8)10/h2-4H,5,11H2,1H3. The summed E-state index contributed by atoms with van der Waals surface area (Å²) in [6, 6.07) is 4.76. The van der Waals surface area contributed by atoms with E-state index in [1.54, 1.807) is 24.1 Å². The monoisotopic (exact) mass is 232 g/mol. The average Bonchev–Trinajstić information content (AvgIpc) is 2.08. The van der Waals surface area contributed by atoms with Crippen LogP contribution < -0.4 is 10.6 Å². The summed E-state index contributed by atoms with van der Waals surface area (Å²) in [5, 5.41) is 0. The Bertz CT molecular complexity index is 278. The number of hydrogen-bond acceptors (Lipinski definition) is 2. The Morgan fingerprint density at radius 3 is 2.83 bits per heavy atom. The van der Waals surface area contributed by atoms with Crippen molar-refractivity contribution in [2.24, 2.45) is 5.73 Å². The average molecular weight is 233 g/mol. The van der Waals surface area contributed by atoms with E-state index in [2.05, 4.69) is 15.9 Å². The van der Waals surface area contributed by atoms with Crippen molar-refractivity contribution in [3.05, 3.63) is 28.5 Å². The van der Waals surface area contributed by atoms with E-state index < -0.39 is 0 Å². The number of nitrogens with two attached hydrogens (primary N) is 1. The van der Waals surface area contributed by atoms with Crippen LogP contribution in [0.5, 0.6) is 0 Å². The number of rotatable bonds is 2. The van der Waals surface area contributed by atoms with Crippen LogP contribution in [0.15, 0.2) is 22.7 Å². The number of anilines is 1. The first kappa shape index (κ1) is 9.48. The molecule has 0 amide bonds. The lowest BCUT2D eigenvalue weighted by molar-refractivity contribution is 0.622. The third-order valence-corrected chi connectivity index (χ3v) is 2.09. The predicted molar refractivity (Wildman–Crippen MR) is 51.6 cm³/mol. The van der Waals surface area contributed by atoms with Gasteiger partial charge in [0.2, 0.25) is 0 Å². The molecule has 0 saturated carbocycles. The lowest BCUT2D eigenvalue weighted by Gasteiger charge is -2.17. The van der Waals surface area contributed by atoms with E-state index in [0.717, 1.165) is 4.47 Å². The second-order valence-corrected chi connectivity index (χ2v) is 3.39. The van der Waals surface area contributed by atoms with E-state index in [1.807, 2.05) is 0 Å². The van der Waals surface area contributed by atoms with Crippen molar-refractivity contribution >= 4 is 21.6 Å². The maximum Gasteiger partial charge on any atom is 0.146 e. The maximum atomic E-state index is 13.1. The van der Waals surface area contributed by atoms with Crippen LogP contribution in [-0.4, -0.2) is 13.7 Å². The smallest absolute Gasteiger partial charge is 0.146 e. The molecule has 0 aromatic heterocycles. The third-order valence-electron chi connectivity index (χ3n) is 1.59. The van der Waals surface area contributed by atoms with Gasteiger partial charge < -0.3 is 10.6 Å².